The molecule has 0 aromatic heterocycles. The fourth-order valence-electron chi connectivity index (χ4n) is 1.61. The van der Waals surface area contributed by atoms with Crippen LogP contribution in [0.2, 0.25) is 0 Å². The number of carbonyl (C=O) groups excluding carboxylic acids is 1. The van der Waals surface area contributed by atoms with Crippen molar-refractivity contribution in [2.24, 2.45) is 0 Å². The largest absolute Gasteiger partial charge is 0.423 e. The first kappa shape index (κ1) is 11.3. The van der Waals surface area contributed by atoms with E-state index in [-0.39, 0.29) is 5.30 Å². The summed E-state index contributed by atoms with van der Waals surface area (Å²) >= 11 is 1.14. The van der Waals surface area contributed by atoms with Gasteiger partial charge in [-0.3, -0.25) is 0 Å². The van der Waals surface area contributed by atoms with Crippen molar-refractivity contribution >= 4 is 17.1 Å². The van der Waals surface area contributed by atoms with Crippen LogP contribution in [0.5, 0.6) is 0 Å². The Balaban J connectivity index is 1.87. The maximum Gasteiger partial charge on any atom is 0.377 e. The Morgan fingerprint density at radius 2 is 2.00 bits per heavy atom. The van der Waals surface area contributed by atoms with Gasteiger partial charge >= 0.3 is 5.30 Å². The van der Waals surface area contributed by atoms with Crippen molar-refractivity contribution < 1.29 is 9.53 Å². The summed E-state index contributed by atoms with van der Waals surface area (Å²) in [6.45, 7) is 0. The van der Waals surface area contributed by atoms with E-state index in [9.17, 15) is 4.79 Å². The van der Waals surface area contributed by atoms with Gasteiger partial charge in [0, 0.05) is 11.3 Å². The zero-order chi connectivity index (χ0) is 11.2. The van der Waals surface area contributed by atoms with E-state index >= 15 is 0 Å². The SMILES string of the molecule is O=C(OC1=CCCCC1)Sc1ccccc1. The minimum atomic E-state index is -0.237. The van der Waals surface area contributed by atoms with E-state index in [2.05, 4.69) is 0 Å². The van der Waals surface area contributed by atoms with Gasteiger partial charge in [-0.2, -0.15) is 0 Å². The van der Waals surface area contributed by atoms with E-state index in [4.69, 9.17) is 4.74 Å². The molecule has 0 spiro atoms. The monoisotopic (exact) mass is 234 g/mol. The van der Waals surface area contributed by atoms with Crippen LogP contribution < -0.4 is 0 Å². The average molecular weight is 234 g/mol. The minimum absolute atomic E-state index is 0.237. The number of allylic oxidation sites excluding steroid dienone is 2. The van der Waals surface area contributed by atoms with Gasteiger partial charge in [-0.25, -0.2) is 4.79 Å². The average Bonchev–Trinajstić information content (AvgIpc) is 2.31. The van der Waals surface area contributed by atoms with Gasteiger partial charge in [0.25, 0.3) is 0 Å². The molecule has 16 heavy (non-hydrogen) atoms. The Labute approximate surface area is 99.7 Å². The highest BCUT2D eigenvalue weighted by Crippen LogP contribution is 2.24. The molecule has 0 radical (unpaired) electrons. The highest BCUT2D eigenvalue weighted by atomic mass is 32.2. The van der Waals surface area contributed by atoms with E-state index in [1.165, 1.54) is 6.42 Å². The van der Waals surface area contributed by atoms with Gasteiger partial charge in [-0.05, 0) is 49.2 Å². The Morgan fingerprint density at radius 1 is 1.19 bits per heavy atom. The molecule has 3 heteroatoms. The Bertz CT molecular complexity index is 384. The zero-order valence-corrected chi connectivity index (χ0v) is 9.83. The van der Waals surface area contributed by atoms with Crippen molar-refractivity contribution in [1.29, 1.82) is 0 Å². The normalized spacial score (nSPS) is 15.4. The predicted molar refractivity (Wildman–Crippen MR) is 65.3 cm³/mol. The van der Waals surface area contributed by atoms with Gasteiger partial charge in [0.05, 0.1) is 0 Å². The second-order valence-corrected chi connectivity index (χ2v) is 4.69. The van der Waals surface area contributed by atoms with Crippen LogP contribution in [0, 0.1) is 0 Å². The molecule has 1 aromatic rings. The lowest BCUT2D eigenvalue weighted by Crippen LogP contribution is -2.01. The smallest absolute Gasteiger partial charge is 0.377 e. The van der Waals surface area contributed by atoms with E-state index in [1.807, 2.05) is 36.4 Å². The van der Waals surface area contributed by atoms with Crippen LogP contribution in [0.25, 0.3) is 0 Å². The van der Waals surface area contributed by atoms with Gasteiger partial charge in [-0.15, -0.1) is 0 Å². The lowest BCUT2D eigenvalue weighted by molar-refractivity contribution is 0.199. The first-order valence-electron chi connectivity index (χ1n) is 5.48. The second-order valence-electron chi connectivity index (χ2n) is 3.68. The second kappa shape index (κ2) is 5.75. The maximum absolute atomic E-state index is 11.6. The molecule has 0 unspecified atom stereocenters. The number of thioether (sulfide) groups is 1. The molecular formula is C13H14O2S. The molecule has 0 fully saturated rings. The van der Waals surface area contributed by atoms with Crippen LogP contribution in [-0.4, -0.2) is 5.30 Å². The molecule has 0 bridgehead atoms. The summed E-state index contributed by atoms with van der Waals surface area (Å²) in [5, 5.41) is -0.237. The Kier molecular flexibility index (Phi) is 4.05. The standard InChI is InChI=1S/C13H14O2S/c14-13(15-11-7-3-1-4-8-11)16-12-9-5-2-6-10-12/h2,5-7,9-10H,1,3-4,8H2. The number of benzene rings is 1. The van der Waals surface area contributed by atoms with Crippen molar-refractivity contribution in [2.75, 3.05) is 0 Å². The summed E-state index contributed by atoms with van der Waals surface area (Å²) in [5.41, 5.74) is 0. The zero-order valence-electron chi connectivity index (χ0n) is 9.02. The van der Waals surface area contributed by atoms with Crippen LogP contribution in [0.4, 0.5) is 4.79 Å². The number of ether oxygens (including phenoxy) is 1. The molecule has 1 aliphatic carbocycles. The molecule has 0 N–H and O–H groups in total. The first-order chi connectivity index (χ1) is 7.84. The molecule has 0 atom stereocenters. The van der Waals surface area contributed by atoms with Crippen LogP contribution in [-0.2, 0) is 4.74 Å². The number of hydrogen-bond donors (Lipinski definition) is 0. The van der Waals surface area contributed by atoms with Gasteiger partial charge in [0.1, 0.15) is 5.76 Å². The van der Waals surface area contributed by atoms with E-state index in [0.29, 0.717) is 0 Å². The maximum atomic E-state index is 11.6. The summed E-state index contributed by atoms with van der Waals surface area (Å²) in [4.78, 5) is 12.5. The van der Waals surface area contributed by atoms with Gasteiger partial charge in [0.15, 0.2) is 0 Å². The highest BCUT2D eigenvalue weighted by molar-refractivity contribution is 8.13. The summed E-state index contributed by atoms with van der Waals surface area (Å²) in [7, 11) is 0. The van der Waals surface area contributed by atoms with E-state index in [0.717, 1.165) is 41.7 Å². The van der Waals surface area contributed by atoms with E-state index in [1.54, 1.807) is 0 Å². The molecule has 0 saturated heterocycles. The van der Waals surface area contributed by atoms with Crippen molar-refractivity contribution in [1.82, 2.24) is 0 Å². The quantitative estimate of drug-likeness (QED) is 0.561. The Morgan fingerprint density at radius 3 is 2.69 bits per heavy atom. The number of rotatable bonds is 2. The summed E-state index contributed by atoms with van der Waals surface area (Å²) < 4.78 is 5.28. The third kappa shape index (κ3) is 3.42. The lowest BCUT2D eigenvalue weighted by Gasteiger charge is -2.12. The summed E-state index contributed by atoms with van der Waals surface area (Å²) in [6.07, 6.45) is 6.26. The van der Waals surface area contributed by atoms with Crippen molar-refractivity contribution in [3.8, 4) is 0 Å². The number of hydrogen-bond acceptors (Lipinski definition) is 3. The van der Waals surface area contributed by atoms with Gasteiger partial charge < -0.3 is 4.74 Å². The molecule has 0 amide bonds. The third-order valence-electron chi connectivity index (χ3n) is 2.41. The molecule has 0 heterocycles. The molecule has 2 nitrogen and oxygen atoms in total. The summed E-state index contributed by atoms with van der Waals surface area (Å²) in [6, 6.07) is 9.56. The molecule has 0 saturated carbocycles. The molecule has 84 valence electrons. The predicted octanol–water partition coefficient (Wildman–Crippen LogP) is 4.37. The third-order valence-corrected chi connectivity index (χ3v) is 3.17. The Hall–Kier alpha value is -1.22. The molecule has 1 aromatic carbocycles. The van der Waals surface area contributed by atoms with Gasteiger partial charge in [0.2, 0.25) is 0 Å². The topological polar surface area (TPSA) is 26.3 Å². The number of carbonyl (C=O) groups is 1. The molecular weight excluding hydrogens is 220 g/mol. The highest BCUT2D eigenvalue weighted by Gasteiger charge is 2.11. The van der Waals surface area contributed by atoms with Crippen LogP contribution >= 0.6 is 11.8 Å². The summed E-state index contributed by atoms with van der Waals surface area (Å²) in [5.74, 6) is 0.833. The molecule has 2 rings (SSSR count). The van der Waals surface area contributed by atoms with Crippen molar-refractivity contribution in [3.63, 3.8) is 0 Å². The lowest BCUT2D eigenvalue weighted by atomic mass is 10.1. The van der Waals surface area contributed by atoms with Gasteiger partial charge in [-0.1, -0.05) is 18.2 Å². The fourth-order valence-corrected chi connectivity index (χ4v) is 2.25. The molecule has 0 aliphatic heterocycles. The van der Waals surface area contributed by atoms with Crippen LogP contribution in [0.1, 0.15) is 25.7 Å². The minimum Gasteiger partial charge on any atom is -0.423 e. The van der Waals surface area contributed by atoms with Crippen molar-refractivity contribution in [3.05, 3.63) is 42.2 Å². The first-order valence-corrected chi connectivity index (χ1v) is 6.30. The fraction of sp³-hybridized carbons (Fsp3) is 0.308. The van der Waals surface area contributed by atoms with Crippen LogP contribution in [0.15, 0.2) is 47.1 Å². The van der Waals surface area contributed by atoms with E-state index < -0.39 is 0 Å². The molecule has 1 aliphatic rings. The van der Waals surface area contributed by atoms with Crippen LogP contribution in [0.3, 0.4) is 0 Å². The van der Waals surface area contributed by atoms with Crippen molar-refractivity contribution in [2.45, 2.75) is 30.6 Å².